The molecular weight excluding hydrogens is 530 g/mol. The molecule has 0 aliphatic rings. The van der Waals surface area contributed by atoms with Crippen LogP contribution in [-0.2, 0) is 36.8 Å². The number of nitro groups is 1. The van der Waals surface area contributed by atoms with E-state index in [1.807, 2.05) is 0 Å². The van der Waals surface area contributed by atoms with Crippen molar-refractivity contribution in [3.8, 4) is 0 Å². The zero-order valence-electron chi connectivity index (χ0n) is 19.8. The lowest BCUT2D eigenvalue weighted by molar-refractivity contribution is -0.384. The van der Waals surface area contributed by atoms with E-state index in [4.69, 9.17) is 4.74 Å². The second kappa shape index (κ2) is 11.0. The van der Waals surface area contributed by atoms with E-state index in [0.29, 0.717) is 11.1 Å². The Kier molecular flexibility index (Phi) is 7.70. The van der Waals surface area contributed by atoms with Crippen LogP contribution in [0.4, 0.5) is 5.69 Å². The Morgan fingerprint density at radius 2 is 1.29 bits per heavy atom. The van der Waals surface area contributed by atoms with Crippen molar-refractivity contribution in [1.29, 1.82) is 0 Å². The molecule has 0 saturated heterocycles. The minimum Gasteiger partial charge on any atom is -0.457 e. The fraction of sp³-hybridized carbons (Fsp3) is 0.0741. The van der Waals surface area contributed by atoms with Crippen LogP contribution in [0, 0.1) is 10.1 Å². The molecule has 0 aliphatic heterocycles. The van der Waals surface area contributed by atoms with E-state index < -0.39 is 30.6 Å². The number of benzene rings is 4. The number of hydrogen-bond acceptors (Lipinski definition) is 8. The lowest BCUT2D eigenvalue weighted by Gasteiger charge is -2.11. The topological polar surface area (TPSA) is 138 Å². The van der Waals surface area contributed by atoms with Gasteiger partial charge in [-0.25, -0.2) is 21.6 Å². The highest BCUT2D eigenvalue weighted by Crippen LogP contribution is 2.26. The first-order chi connectivity index (χ1) is 18.1. The van der Waals surface area contributed by atoms with E-state index in [-0.39, 0.29) is 38.3 Å². The molecule has 0 N–H and O–H groups in total. The molecule has 4 aromatic rings. The zero-order valence-corrected chi connectivity index (χ0v) is 21.4. The van der Waals surface area contributed by atoms with Crippen LogP contribution in [0.25, 0.3) is 0 Å². The number of ether oxygens (including phenoxy) is 1. The molecule has 0 spiro atoms. The van der Waals surface area contributed by atoms with Crippen molar-refractivity contribution in [2.45, 2.75) is 27.0 Å². The number of nitro benzene ring substituents is 1. The third-order valence-electron chi connectivity index (χ3n) is 5.61. The third kappa shape index (κ3) is 5.96. The average molecular weight is 552 g/mol. The summed E-state index contributed by atoms with van der Waals surface area (Å²) in [6, 6.07) is 24.5. The van der Waals surface area contributed by atoms with Crippen LogP contribution in [0.1, 0.15) is 21.5 Å². The molecule has 0 fully saturated rings. The van der Waals surface area contributed by atoms with Crippen LogP contribution < -0.4 is 0 Å². The minimum absolute atomic E-state index is 0.121. The zero-order chi connectivity index (χ0) is 27.3. The Morgan fingerprint density at radius 3 is 1.92 bits per heavy atom. The van der Waals surface area contributed by atoms with Crippen molar-refractivity contribution >= 4 is 31.3 Å². The summed E-state index contributed by atoms with van der Waals surface area (Å²) in [5.74, 6) is -1.05. The Hall–Kier alpha value is -4.35. The quantitative estimate of drug-likeness (QED) is 0.165. The maximum Gasteiger partial charge on any atom is 0.339 e. The van der Waals surface area contributed by atoms with E-state index in [9.17, 15) is 31.7 Å². The first-order valence-corrected chi connectivity index (χ1v) is 14.3. The predicted octanol–water partition coefficient (Wildman–Crippen LogP) is 4.76. The number of carbonyl (C=O) groups is 1. The Morgan fingerprint density at radius 1 is 0.711 bits per heavy atom. The first kappa shape index (κ1) is 26.7. The molecule has 0 bridgehead atoms. The molecule has 0 aliphatic carbocycles. The van der Waals surface area contributed by atoms with Crippen molar-refractivity contribution in [3.63, 3.8) is 0 Å². The van der Waals surface area contributed by atoms with Crippen LogP contribution in [-0.4, -0.2) is 27.7 Å². The summed E-state index contributed by atoms with van der Waals surface area (Å²) in [4.78, 5) is 22.6. The Labute approximate surface area is 219 Å². The molecule has 9 nitrogen and oxygen atoms in total. The van der Waals surface area contributed by atoms with Gasteiger partial charge in [-0.05, 0) is 47.5 Å². The van der Waals surface area contributed by atoms with Crippen LogP contribution in [0.3, 0.4) is 0 Å². The average Bonchev–Trinajstić information content (AvgIpc) is 2.92. The summed E-state index contributed by atoms with van der Waals surface area (Å²) >= 11 is 0. The highest BCUT2D eigenvalue weighted by molar-refractivity contribution is 7.91. The fourth-order valence-electron chi connectivity index (χ4n) is 3.64. The molecule has 0 heterocycles. The lowest BCUT2D eigenvalue weighted by Crippen LogP contribution is -2.12. The SMILES string of the molecule is O=C(OCc1ccc(S(=O)(=O)Cc2ccccc2)cc1)c1ccccc1S(=O)(=O)c1ccc([N+](=O)[O-])cc1. The molecule has 4 rings (SSSR count). The fourth-order valence-corrected chi connectivity index (χ4v) is 6.44. The van der Waals surface area contributed by atoms with Gasteiger partial charge in [-0.1, -0.05) is 54.6 Å². The number of carbonyl (C=O) groups excluding carboxylic acids is 1. The van der Waals surface area contributed by atoms with Gasteiger partial charge >= 0.3 is 5.97 Å². The summed E-state index contributed by atoms with van der Waals surface area (Å²) in [5, 5.41) is 10.9. The van der Waals surface area contributed by atoms with Gasteiger partial charge in [0, 0.05) is 12.1 Å². The predicted molar refractivity (Wildman–Crippen MR) is 138 cm³/mol. The summed E-state index contributed by atoms with van der Waals surface area (Å²) < 4.78 is 57.0. The highest BCUT2D eigenvalue weighted by atomic mass is 32.2. The summed E-state index contributed by atoms with van der Waals surface area (Å²) in [6.45, 7) is -0.218. The number of non-ortho nitro benzene ring substituents is 1. The van der Waals surface area contributed by atoms with Gasteiger partial charge < -0.3 is 4.74 Å². The van der Waals surface area contributed by atoms with Gasteiger partial charge in [0.1, 0.15) is 6.61 Å². The van der Waals surface area contributed by atoms with Crippen molar-refractivity contribution in [1.82, 2.24) is 0 Å². The second-order valence-corrected chi connectivity index (χ2v) is 12.1. The Balaban J connectivity index is 1.48. The molecule has 0 radical (unpaired) electrons. The molecule has 0 unspecified atom stereocenters. The molecular formula is C27H21NO8S2. The number of hydrogen-bond donors (Lipinski definition) is 0. The summed E-state index contributed by atoms with van der Waals surface area (Å²) in [5.41, 5.74) is 0.698. The van der Waals surface area contributed by atoms with Gasteiger partial charge in [-0.3, -0.25) is 10.1 Å². The van der Waals surface area contributed by atoms with Crippen LogP contribution >= 0.6 is 0 Å². The second-order valence-electron chi connectivity index (χ2n) is 8.22. The van der Waals surface area contributed by atoms with E-state index in [1.54, 1.807) is 30.3 Å². The smallest absolute Gasteiger partial charge is 0.339 e. The standard InChI is InChI=1S/C27H21NO8S2/c29-27(25-8-4-5-9-26(25)38(34,35)24-16-12-22(13-17-24)28(30)31)36-18-20-10-14-23(15-11-20)37(32,33)19-21-6-2-1-3-7-21/h1-17H,18-19H2. The molecule has 4 aromatic carbocycles. The van der Waals surface area contributed by atoms with Gasteiger partial charge in [0.2, 0.25) is 9.84 Å². The normalized spacial score (nSPS) is 11.6. The monoisotopic (exact) mass is 551 g/mol. The summed E-state index contributed by atoms with van der Waals surface area (Å²) in [7, 11) is -7.75. The largest absolute Gasteiger partial charge is 0.457 e. The summed E-state index contributed by atoms with van der Waals surface area (Å²) in [6.07, 6.45) is 0. The minimum atomic E-state index is -4.18. The number of sulfone groups is 2. The van der Waals surface area contributed by atoms with E-state index in [2.05, 4.69) is 0 Å². The van der Waals surface area contributed by atoms with Gasteiger partial charge in [0.15, 0.2) is 9.84 Å². The third-order valence-corrected chi connectivity index (χ3v) is 9.14. The van der Waals surface area contributed by atoms with Crippen LogP contribution in [0.2, 0.25) is 0 Å². The van der Waals surface area contributed by atoms with E-state index in [0.717, 1.165) is 24.3 Å². The maximum absolute atomic E-state index is 13.1. The highest BCUT2D eigenvalue weighted by Gasteiger charge is 2.26. The maximum atomic E-state index is 13.1. The van der Waals surface area contributed by atoms with Crippen LogP contribution in [0.5, 0.6) is 0 Å². The van der Waals surface area contributed by atoms with Crippen LogP contribution in [0.15, 0.2) is 118 Å². The number of esters is 1. The van der Waals surface area contributed by atoms with Gasteiger partial charge in [0.05, 0.1) is 30.9 Å². The van der Waals surface area contributed by atoms with E-state index >= 15 is 0 Å². The molecule has 0 atom stereocenters. The van der Waals surface area contributed by atoms with Crippen molar-refractivity contribution < 1.29 is 31.3 Å². The van der Waals surface area contributed by atoms with Crippen molar-refractivity contribution in [2.75, 3.05) is 0 Å². The van der Waals surface area contributed by atoms with Gasteiger partial charge in [0.25, 0.3) is 5.69 Å². The molecule has 0 aromatic heterocycles. The lowest BCUT2D eigenvalue weighted by atomic mass is 10.2. The molecule has 38 heavy (non-hydrogen) atoms. The van der Waals surface area contributed by atoms with Gasteiger partial charge in [-0.15, -0.1) is 0 Å². The van der Waals surface area contributed by atoms with Gasteiger partial charge in [-0.2, -0.15) is 0 Å². The van der Waals surface area contributed by atoms with Crippen molar-refractivity contribution in [2.24, 2.45) is 0 Å². The Bertz CT molecular complexity index is 1680. The molecule has 194 valence electrons. The molecule has 0 saturated carbocycles. The molecule has 0 amide bonds. The number of nitrogens with zero attached hydrogens (tertiary/aromatic N) is 1. The molecule has 11 heteroatoms. The number of rotatable bonds is 9. The van der Waals surface area contributed by atoms with E-state index in [1.165, 1.54) is 48.5 Å². The first-order valence-electron chi connectivity index (χ1n) is 11.2. The van der Waals surface area contributed by atoms with Crippen molar-refractivity contribution in [3.05, 3.63) is 130 Å².